The number of halogens is 2. The molecule has 0 saturated carbocycles. The van der Waals surface area contributed by atoms with Crippen molar-refractivity contribution in [1.29, 1.82) is 0 Å². The quantitative estimate of drug-likeness (QED) is 0.633. The lowest BCUT2D eigenvalue weighted by Gasteiger charge is -1.99. The van der Waals surface area contributed by atoms with Crippen LogP contribution in [0.3, 0.4) is 0 Å². The van der Waals surface area contributed by atoms with Crippen molar-refractivity contribution in [3.63, 3.8) is 0 Å². The van der Waals surface area contributed by atoms with Crippen LogP contribution in [-0.4, -0.2) is 27.7 Å². The van der Waals surface area contributed by atoms with Crippen LogP contribution in [0.5, 0.6) is 0 Å². The molecule has 0 aliphatic carbocycles. The third-order valence-corrected chi connectivity index (χ3v) is 2.82. The summed E-state index contributed by atoms with van der Waals surface area (Å²) in [6.07, 6.45) is 0. The van der Waals surface area contributed by atoms with Crippen LogP contribution in [0.25, 0.3) is 0 Å². The lowest BCUT2D eigenvalue weighted by molar-refractivity contribution is -0.742. The molecule has 1 aliphatic rings. The van der Waals surface area contributed by atoms with Gasteiger partial charge in [-0.2, -0.15) is 0 Å². The third-order valence-electron chi connectivity index (χ3n) is 2.21. The van der Waals surface area contributed by atoms with Crippen LogP contribution in [0.1, 0.15) is 13.8 Å². The SMILES string of the molecule is CC1=NC(=Nc2c(Cl)cccc2Cl)N=C1C.O=[N+]([O-])O. The largest absolute Gasteiger partial charge is 0.328 e. The van der Waals surface area contributed by atoms with Gasteiger partial charge in [0.15, 0.2) is 0 Å². The molecule has 0 bridgehead atoms. The van der Waals surface area contributed by atoms with Crippen LogP contribution in [0.4, 0.5) is 5.69 Å². The van der Waals surface area contributed by atoms with Crippen molar-refractivity contribution < 1.29 is 10.3 Å². The Morgan fingerprint density at radius 1 is 1.20 bits per heavy atom. The Labute approximate surface area is 124 Å². The van der Waals surface area contributed by atoms with E-state index in [1.807, 2.05) is 13.8 Å². The molecule has 0 spiro atoms. The molecule has 1 heterocycles. The summed E-state index contributed by atoms with van der Waals surface area (Å²) in [4.78, 5) is 21.0. The van der Waals surface area contributed by atoms with E-state index in [9.17, 15) is 0 Å². The van der Waals surface area contributed by atoms with Crippen molar-refractivity contribution in [3.05, 3.63) is 38.4 Å². The molecular weight excluding hydrogens is 307 g/mol. The van der Waals surface area contributed by atoms with Crippen molar-refractivity contribution in [2.75, 3.05) is 0 Å². The highest BCUT2D eigenvalue weighted by atomic mass is 35.5. The first-order chi connectivity index (χ1) is 9.31. The van der Waals surface area contributed by atoms with E-state index in [1.54, 1.807) is 18.2 Å². The molecule has 20 heavy (non-hydrogen) atoms. The minimum absolute atomic E-state index is 0.394. The molecule has 0 atom stereocenters. The van der Waals surface area contributed by atoms with E-state index in [0.29, 0.717) is 21.7 Å². The van der Waals surface area contributed by atoms with Crippen LogP contribution in [0.2, 0.25) is 10.0 Å². The second-order valence-electron chi connectivity index (χ2n) is 3.61. The van der Waals surface area contributed by atoms with E-state index < -0.39 is 5.09 Å². The average Bonchev–Trinajstić information content (AvgIpc) is 2.63. The average molecular weight is 317 g/mol. The van der Waals surface area contributed by atoms with Crippen LogP contribution in [0, 0.1) is 10.1 Å². The molecule has 7 nitrogen and oxygen atoms in total. The van der Waals surface area contributed by atoms with Crippen LogP contribution in [-0.2, 0) is 0 Å². The van der Waals surface area contributed by atoms with Gasteiger partial charge in [-0.25, -0.2) is 15.0 Å². The van der Waals surface area contributed by atoms with E-state index in [0.717, 1.165) is 11.4 Å². The standard InChI is InChI=1S/C11H9Cl2N3.HNO3/c1-6-7(2)15-11(14-6)16-10-8(12)4-3-5-9(10)13;2-1(3)4/h3-5H,1-2H3;(H,2,3,4). The number of rotatable bonds is 1. The number of benzene rings is 1. The van der Waals surface area contributed by atoms with E-state index >= 15 is 0 Å². The van der Waals surface area contributed by atoms with Crippen LogP contribution in [0.15, 0.2) is 33.2 Å². The molecule has 1 N–H and O–H groups in total. The molecule has 0 aromatic heterocycles. The predicted molar refractivity (Wildman–Crippen MR) is 78.6 cm³/mol. The number of nitrogens with zero attached hydrogens (tertiary/aromatic N) is 4. The van der Waals surface area contributed by atoms with Crippen molar-refractivity contribution in [3.8, 4) is 0 Å². The molecule has 1 aromatic rings. The Morgan fingerprint density at radius 2 is 1.60 bits per heavy atom. The molecule has 0 amide bonds. The van der Waals surface area contributed by atoms with E-state index in [1.165, 1.54) is 0 Å². The smallest absolute Gasteiger partial charge is 0.291 e. The van der Waals surface area contributed by atoms with Gasteiger partial charge in [0.25, 0.3) is 11.0 Å². The lowest BCUT2D eigenvalue weighted by Crippen LogP contribution is -1.98. The minimum Gasteiger partial charge on any atom is -0.328 e. The van der Waals surface area contributed by atoms with Gasteiger partial charge in [0.2, 0.25) is 0 Å². The summed E-state index contributed by atoms with van der Waals surface area (Å²) >= 11 is 12.0. The second kappa shape index (κ2) is 6.97. The first kappa shape index (κ1) is 16.1. The van der Waals surface area contributed by atoms with E-state index in [2.05, 4.69) is 15.0 Å². The summed E-state index contributed by atoms with van der Waals surface area (Å²) in [5, 5.41) is 14.6. The zero-order valence-corrected chi connectivity index (χ0v) is 12.1. The van der Waals surface area contributed by atoms with Gasteiger partial charge in [-0.15, -0.1) is 10.1 Å². The Morgan fingerprint density at radius 3 is 2.00 bits per heavy atom. The summed E-state index contributed by atoms with van der Waals surface area (Å²) in [5.74, 6) is 0.394. The number of guanidine groups is 1. The van der Waals surface area contributed by atoms with Gasteiger partial charge in [-0.1, -0.05) is 29.3 Å². The molecule has 0 saturated heterocycles. The Bertz CT molecular complexity index is 582. The third kappa shape index (κ3) is 4.60. The molecule has 9 heteroatoms. The highest BCUT2D eigenvalue weighted by Gasteiger charge is 2.11. The van der Waals surface area contributed by atoms with Gasteiger partial charge in [0, 0.05) is 0 Å². The van der Waals surface area contributed by atoms with Crippen LogP contribution < -0.4 is 0 Å². The number of para-hydroxylation sites is 1. The topological polar surface area (TPSA) is 100 Å². The Kier molecular flexibility index (Phi) is 5.60. The van der Waals surface area contributed by atoms with Gasteiger partial charge in [0.05, 0.1) is 21.5 Å². The van der Waals surface area contributed by atoms with Gasteiger partial charge in [-0.3, -0.25) is 0 Å². The van der Waals surface area contributed by atoms with Crippen molar-refractivity contribution in [2.45, 2.75) is 13.8 Å². The highest BCUT2D eigenvalue weighted by Crippen LogP contribution is 2.33. The Balaban J connectivity index is 0.000000444. The molecule has 0 fully saturated rings. The summed E-state index contributed by atoms with van der Waals surface area (Å²) in [6, 6.07) is 5.23. The highest BCUT2D eigenvalue weighted by molar-refractivity contribution is 6.47. The zero-order valence-electron chi connectivity index (χ0n) is 10.5. The molecule has 0 radical (unpaired) electrons. The molecule has 2 rings (SSSR count). The van der Waals surface area contributed by atoms with E-state index in [-0.39, 0.29) is 0 Å². The fourth-order valence-electron chi connectivity index (χ4n) is 1.23. The van der Waals surface area contributed by atoms with E-state index in [4.69, 9.17) is 38.5 Å². The monoisotopic (exact) mass is 316 g/mol. The summed E-state index contributed by atoms with van der Waals surface area (Å²) in [7, 11) is 0. The Hall–Kier alpha value is -1.99. The molecule has 1 aromatic carbocycles. The van der Waals surface area contributed by atoms with Gasteiger partial charge < -0.3 is 5.21 Å². The van der Waals surface area contributed by atoms with Crippen molar-refractivity contribution >= 4 is 46.3 Å². The molecular formula is C11H10Cl2N4O3. The van der Waals surface area contributed by atoms with Crippen molar-refractivity contribution in [1.82, 2.24) is 0 Å². The van der Waals surface area contributed by atoms with Gasteiger partial charge in [-0.05, 0) is 26.0 Å². The number of hydrogen-bond acceptors (Lipinski definition) is 3. The molecule has 1 aliphatic heterocycles. The first-order valence-corrected chi connectivity index (χ1v) is 6.03. The maximum absolute atomic E-state index is 8.36. The number of hydrogen-bond donors (Lipinski definition) is 1. The molecule has 106 valence electrons. The minimum atomic E-state index is -1.50. The first-order valence-electron chi connectivity index (χ1n) is 5.28. The maximum atomic E-state index is 8.36. The number of aliphatic imine (C=N–C) groups is 3. The van der Waals surface area contributed by atoms with Crippen molar-refractivity contribution in [2.24, 2.45) is 15.0 Å². The fourth-order valence-corrected chi connectivity index (χ4v) is 1.71. The lowest BCUT2D eigenvalue weighted by atomic mass is 10.3. The summed E-state index contributed by atoms with van der Waals surface area (Å²) in [6.45, 7) is 3.77. The fraction of sp³-hybridized carbons (Fsp3) is 0.182. The van der Waals surface area contributed by atoms with Gasteiger partial charge in [0.1, 0.15) is 5.69 Å². The van der Waals surface area contributed by atoms with Gasteiger partial charge >= 0.3 is 0 Å². The maximum Gasteiger partial charge on any atom is 0.291 e. The second-order valence-corrected chi connectivity index (χ2v) is 4.43. The predicted octanol–water partition coefficient (Wildman–Crippen LogP) is 3.57. The normalized spacial score (nSPS) is 13.1. The molecule has 0 unspecified atom stereocenters. The summed E-state index contributed by atoms with van der Waals surface area (Å²) in [5.41, 5.74) is 2.24. The zero-order chi connectivity index (χ0) is 15.3. The summed E-state index contributed by atoms with van der Waals surface area (Å²) < 4.78 is 0. The van der Waals surface area contributed by atoms with Crippen LogP contribution >= 0.6 is 23.2 Å².